The molecule has 0 heterocycles. The molecule has 0 saturated carbocycles. The minimum atomic E-state index is 0.154. The van der Waals surface area contributed by atoms with Gasteiger partial charge < -0.3 is 4.90 Å². The van der Waals surface area contributed by atoms with E-state index >= 15 is 0 Å². The van der Waals surface area contributed by atoms with Crippen LogP contribution in [0.25, 0.3) is 0 Å². The Kier molecular flexibility index (Phi) is 6.39. The van der Waals surface area contributed by atoms with Crippen molar-refractivity contribution >= 4 is 21.8 Å². The van der Waals surface area contributed by atoms with E-state index in [-0.39, 0.29) is 11.8 Å². The minimum Gasteiger partial charge on any atom is -0.339 e. The molecule has 13 heavy (non-hydrogen) atoms. The van der Waals surface area contributed by atoms with Crippen molar-refractivity contribution in [2.24, 2.45) is 5.92 Å². The summed E-state index contributed by atoms with van der Waals surface area (Å²) in [5.74, 6) is 0.429. The van der Waals surface area contributed by atoms with Gasteiger partial charge in [-0.25, -0.2) is 0 Å². The van der Waals surface area contributed by atoms with E-state index < -0.39 is 0 Å². The van der Waals surface area contributed by atoms with Gasteiger partial charge in [0.15, 0.2) is 0 Å². The third-order valence-electron chi connectivity index (χ3n) is 2.27. The SMILES string of the molecule is CCC(C)C(=O)N(CCBr)C(C)C. The summed E-state index contributed by atoms with van der Waals surface area (Å²) in [4.78, 5) is 13.7. The molecule has 1 atom stereocenters. The van der Waals surface area contributed by atoms with Crippen molar-refractivity contribution in [2.75, 3.05) is 11.9 Å². The molecule has 0 aliphatic heterocycles. The molecular weight excluding hydrogens is 230 g/mol. The Morgan fingerprint density at radius 1 is 1.38 bits per heavy atom. The highest BCUT2D eigenvalue weighted by atomic mass is 79.9. The van der Waals surface area contributed by atoms with E-state index in [2.05, 4.69) is 36.7 Å². The van der Waals surface area contributed by atoms with E-state index in [0.717, 1.165) is 18.3 Å². The largest absolute Gasteiger partial charge is 0.339 e. The first kappa shape index (κ1) is 12.9. The van der Waals surface area contributed by atoms with Crippen LogP contribution < -0.4 is 0 Å². The molecule has 0 N–H and O–H groups in total. The summed E-state index contributed by atoms with van der Waals surface area (Å²) < 4.78 is 0. The number of hydrogen-bond donors (Lipinski definition) is 0. The molecule has 78 valence electrons. The van der Waals surface area contributed by atoms with Crippen LogP contribution >= 0.6 is 15.9 Å². The zero-order valence-electron chi connectivity index (χ0n) is 9.01. The maximum atomic E-state index is 11.8. The highest BCUT2D eigenvalue weighted by Gasteiger charge is 2.20. The van der Waals surface area contributed by atoms with Gasteiger partial charge in [-0.3, -0.25) is 4.79 Å². The Balaban J connectivity index is 4.27. The van der Waals surface area contributed by atoms with Crippen LogP contribution in [-0.4, -0.2) is 28.7 Å². The van der Waals surface area contributed by atoms with Crippen molar-refractivity contribution in [2.45, 2.75) is 40.2 Å². The molecule has 0 aliphatic rings. The van der Waals surface area contributed by atoms with Crippen molar-refractivity contribution < 1.29 is 4.79 Å². The number of carbonyl (C=O) groups excluding carboxylic acids is 1. The molecule has 1 unspecified atom stereocenters. The van der Waals surface area contributed by atoms with E-state index in [0.29, 0.717) is 6.04 Å². The predicted molar refractivity (Wildman–Crippen MR) is 60.1 cm³/mol. The lowest BCUT2D eigenvalue weighted by Crippen LogP contribution is -2.41. The van der Waals surface area contributed by atoms with Gasteiger partial charge in [0.25, 0.3) is 0 Å². The summed E-state index contributed by atoms with van der Waals surface area (Å²) in [6.07, 6.45) is 0.921. The quantitative estimate of drug-likeness (QED) is 0.687. The van der Waals surface area contributed by atoms with Gasteiger partial charge in [0.2, 0.25) is 5.91 Å². The van der Waals surface area contributed by atoms with Crippen molar-refractivity contribution in [3.8, 4) is 0 Å². The molecule has 0 aliphatic carbocycles. The molecule has 0 aromatic heterocycles. The van der Waals surface area contributed by atoms with Gasteiger partial charge in [0.05, 0.1) is 0 Å². The zero-order chi connectivity index (χ0) is 10.4. The van der Waals surface area contributed by atoms with Crippen molar-refractivity contribution in [1.82, 2.24) is 4.90 Å². The second kappa shape index (κ2) is 6.41. The summed E-state index contributed by atoms with van der Waals surface area (Å²) in [5, 5.41) is 0.855. The molecule has 3 heteroatoms. The first-order valence-electron chi connectivity index (χ1n) is 4.91. The van der Waals surface area contributed by atoms with Gasteiger partial charge in [-0.2, -0.15) is 0 Å². The lowest BCUT2D eigenvalue weighted by Gasteiger charge is -2.28. The maximum absolute atomic E-state index is 11.8. The summed E-state index contributed by atoms with van der Waals surface area (Å²) in [5.41, 5.74) is 0. The topological polar surface area (TPSA) is 20.3 Å². The molecule has 0 spiro atoms. The number of alkyl halides is 1. The van der Waals surface area contributed by atoms with Crippen LogP contribution in [0.3, 0.4) is 0 Å². The number of hydrogen-bond acceptors (Lipinski definition) is 1. The second-order valence-corrected chi connectivity index (χ2v) is 4.42. The average molecular weight is 250 g/mol. The van der Waals surface area contributed by atoms with Gasteiger partial charge >= 0.3 is 0 Å². The number of nitrogens with zero attached hydrogens (tertiary/aromatic N) is 1. The van der Waals surface area contributed by atoms with Crippen molar-refractivity contribution in [3.63, 3.8) is 0 Å². The predicted octanol–water partition coefficient (Wildman–Crippen LogP) is 2.66. The van der Waals surface area contributed by atoms with E-state index in [1.54, 1.807) is 0 Å². The Bertz CT molecular complexity index is 159. The fraction of sp³-hybridized carbons (Fsp3) is 0.900. The lowest BCUT2D eigenvalue weighted by atomic mass is 10.1. The molecule has 0 fully saturated rings. The third-order valence-corrected chi connectivity index (χ3v) is 2.62. The monoisotopic (exact) mass is 249 g/mol. The highest BCUT2D eigenvalue weighted by Crippen LogP contribution is 2.10. The van der Waals surface area contributed by atoms with Crippen LogP contribution in [0.5, 0.6) is 0 Å². The van der Waals surface area contributed by atoms with Crippen LogP contribution in [0.15, 0.2) is 0 Å². The van der Waals surface area contributed by atoms with Crippen LogP contribution in [0, 0.1) is 5.92 Å². The second-order valence-electron chi connectivity index (χ2n) is 3.62. The Labute approximate surface area is 89.8 Å². The fourth-order valence-corrected chi connectivity index (χ4v) is 1.55. The van der Waals surface area contributed by atoms with Crippen LogP contribution in [-0.2, 0) is 4.79 Å². The summed E-state index contributed by atoms with van der Waals surface area (Å²) in [6.45, 7) is 8.97. The molecule has 2 nitrogen and oxygen atoms in total. The molecule has 0 saturated heterocycles. The van der Waals surface area contributed by atoms with Crippen LogP contribution in [0.2, 0.25) is 0 Å². The molecule has 0 rings (SSSR count). The number of halogens is 1. The molecule has 0 aromatic carbocycles. The number of carbonyl (C=O) groups is 1. The molecule has 0 bridgehead atoms. The minimum absolute atomic E-state index is 0.154. The van der Waals surface area contributed by atoms with E-state index in [9.17, 15) is 4.79 Å². The van der Waals surface area contributed by atoms with Gasteiger partial charge in [0.1, 0.15) is 0 Å². The fourth-order valence-electron chi connectivity index (χ4n) is 1.17. The van der Waals surface area contributed by atoms with Crippen molar-refractivity contribution in [1.29, 1.82) is 0 Å². The van der Waals surface area contributed by atoms with Crippen LogP contribution in [0.4, 0.5) is 0 Å². The summed E-state index contributed by atoms with van der Waals surface area (Å²) in [6, 6.07) is 0.305. The molecule has 0 radical (unpaired) electrons. The molecule has 1 amide bonds. The van der Waals surface area contributed by atoms with Crippen LogP contribution in [0.1, 0.15) is 34.1 Å². The summed E-state index contributed by atoms with van der Waals surface area (Å²) >= 11 is 3.36. The van der Waals surface area contributed by atoms with Gasteiger partial charge in [-0.05, 0) is 20.3 Å². The lowest BCUT2D eigenvalue weighted by molar-refractivity contribution is -0.136. The Morgan fingerprint density at radius 3 is 2.23 bits per heavy atom. The third kappa shape index (κ3) is 4.12. The number of rotatable bonds is 5. The first-order valence-corrected chi connectivity index (χ1v) is 6.03. The number of amides is 1. The van der Waals surface area contributed by atoms with Gasteiger partial charge in [-0.1, -0.05) is 29.8 Å². The Morgan fingerprint density at radius 2 is 1.92 bits per heavy atom. The van der Waals surface area contributed by atoms with Crippen molar-refractivity contribution in [3.05, 3.63) is 0 Å². The van der Waals surface area contributed by atoms with Gasteiger partial charge in [0, 0.05) is 23.8 Å². The average Bonchev–Trinajstić information content (AvgIpc) is 2.11. The molecule has 0 aromatic rings. The Hall–Kier alpha value is -0.0500. The van der Waals surface area contributed by atoms with E-state index in [1.807, 2.05) is 11.8 Å². The highest BCUT2D eigenvalue weighted by molar-refractivity contribution is 9.09. The normalized spacial score (nSPS) is 13.1. The van der Waals surface area contributed by atoms with E-state index in [1.165, 1.54) is 0 Å². The van der Waals surface area contributed by atoms with Gasteiger partial charge in [-0.15, -0.1) is 0 Å². The standard InChI is InChI=1S/C10H20BrNO/c1-5-9(4)10(13)12(7-6-11)8(2)3/h8-9H,5-7H2,1-4H3. The zero-order valence-corrected chi connectivity index (χ0v) is 10.6. The first-order chi connectivity index (χ1) is 6.04. The summed E-state index contributed by atoms with van der Waals surface area (Å²) in [7, 11) is 0. The maximum Gasteiger partial charge on any atom is 0.225 e. The molecular formula is C10H20BrNO. The van der Waals surface area contributed by atoms with E-state index in [4.69, 9.17) is 0 Å². The smallest absolute Gasteiger partial charge is 0.225 e.